The van der Waals surface area contributed by atoms with Crippen molar-refractivity contribution in [2.24, 2.45) is 0 Å². The first kappa shape index (κ1) is 17.5. The molecule has 0 aliphatic carbocycles. The van der Waals surface area contributed by atoms with E-state index in [9.17, 15) is 18.0 Å². The Morgan fingerprint density at radius 2 is 1.84 bits per heavy atom. The Kier molecular flexibility index (Phi) is 4.13. The zero-order valence-electron chi connectivity index (χ0n) is 14.4. The summed E-state index contributed by atoms with van der Waals surface area (Å²) in [6.07, 6.45) is -2.27. The van der Waals surface area contributed by atoms with Gasteiger partial charge in [0.1, 0.15) is 0 Å². The summed E-state index contributed by atoms with van der Waals surface area (Å²) in [5.41, 5.74) is 0.556. The molecule has 0 radical (unpaired) electrons. The largest absolute Gasteiger partial charge is 0.417 e. The molecule has 0 fully saturated rings. The summed E-state index contributed by atoms with van der Waals surface area (Å²) in [7, 11) is 0. The molecule has 0 N–H and O–H groups in total. The quantitative estimate of drug-likeness (QED) is 0.783. The lowest BCUT2D eigenvalue weighted by Crippen LogP contribution is -2.38. The van der Waals surface area contributed by atoms with Crippen LogP contribution >= 0.6 is 0 Å². The van der Waals surface area contributed by atoms with Gasteiger partial charge in [0.05, 0.1) is 22.9 Å². The second-order valence-corrected chi connectivity index (χ2v) is 7.22. The summed E-state index contributed by atoms with van der Waals surface area (Å²) in [5.74, 6) is -0.595. The Labute approximate surface area is 144 Å². The number of nitrogens with zero attached hydrogens (tertiary/aromatic N) is 3. The zero-order valence-corrected chi connectivity index (χ0v) is 14.4. The molecular weight excluding hydrogens is 331 g/mol. The van der Waals surface area contributed by atoms with Crippen LogP contribution in [0.3, 0.4) is 0 Å². The van der Waals surface area contributed by atoms with Gasteiger partial charge < -0.3 is 4.90 Å². The molecule has 0 unspecified atom stereocenters. The lowest BCUT2D eigenvalue weighted by molar-refractivity contribution is -0.138. The molecule has 4 nitrogen and oxygen atoms in total. The van der Waals surface area contributed by atoms with Crippen LogP contribution in [-0.4, -0.2) is 27.1 Å². The maximum Gasteiger partial charge on any atom is 0.417 e. The summed E-state index contributed by atoms with van der Waals surface area (Å²) in [6, 6.07) is 4.93. The van der Waals surface area contributed by atoms with Crippen LogP contribution in [0.15, 0.2) is 30.5 Å². The van der Waals surface area contributed by atoms with Crippen molar-refractivity contribution < 1.29 is 18.0 Å². The van der Waals surface area contributed by atoms with E-state index in [0.717, 1.165) is 17.3 Å². The van der Waals surface area contributed by atoms with Crippen molar-refractivity contribution in [3.05, 3.63) is 52.8 Å². The van der Waals surface area contributed by atoms with Crippen LogP contribution in [0.5, 0.6) is 0 Å². The highest BCUT2D eigenvalue weighted by Crippen LogP contribution is 2.33. The number of hydrogen-bond acceptors (Lipinski definition) is 2. The standard InChI is InChI=1S/C18H20F3N3O/c1-17(2,3)24-15-8-9-23(11-12(15)10-22-24)16(25)13-6-4-5-7-14(13)18(19,20)21/h4-7,10H,8-9,11H2,1-3H3. The smallest absolute Gasteiger partial charge is 0.334 e. The summed E-state index contributed by atoms with van der Waals surface area (Å²) < 4.78 is 41.4. The number of benzene rings is 1. The number of rotatable bonds is 1. The van der Waals surface area contributed by atoms with Crippen molar-refractivity contribution in [3.8, 4) is 0 Å². The lowest BCUT2D eigenvalue weighted by Gasteiger charge is -2.30. The van der Waals surface area contributed by atoms with E-state index >= 15 is 0 Å². The number of carbonyl (C=O) groups excluding carboxylic acids is 1. The van der Waals surface area contributed by atoms with E-state index < -0.39 is 17.6 Å². The van der Waals surface area contributed by atoms with E-state index in [0.29, 0.717) is 13.0 Å². The number of amides is 1. The number of alkyl halides is 3. The minimum absolute atomic E-state index is 0.178. The Morgan fingerprint density at radius 3 is 2.48 bits per heavy atom. The first-order valence-electron chi connectivity index (χ1n) is 8.11. The highest BCUT2D eigenvalue weighted by atomic mass is 19.4. The Morgan fingerprint density at radius 1 is 1.16 bits per heavy atom. The maximum absolute atomic E-state index is 13.2. The molecule has 25 heavy (non-hydrogen) atoms. The van der Waals surface area contributed by atoms with Crippen molar-refractivity contribution >= 4 is 5.91 Å². The molecule has 0 spiro atoms. The van der Waals surface area contributed by atoms with Gasteiger partial charge in [0.25, 0.3) is 5.91 Å². The van der Waals surface area contributed by atoms with Crippen LogP contribution < -0.4 is 0 Å². The Balaban J connectivity index is 1.89. The molecule has 0 atom stereocenters. The van der Waals surface area contributed by atoms with Gasteiger partial charge in [-0.3, -0.25) is 9.48 Å². The predicted molar refractivity (Wildman–Crippen MR) is 87.1 cm³/mol. The van der Waals surface area contributed by atoms with Gasteiger partial charge in [-0.2, -0.15) is 18.3 Å². The van der Waals surface area contributed by atoms with E-state index in [2.05, 4.69) is 5.10 Å². The summed E-state index contributed by atoms with van der Waals surface area (Å²) in [4.78, 5) is 14.1. The molecular formula is C18H20F3N3O. The number of halogens is 3. The third kappa shape index (κ3) is 3.27. The number of carbonyl (C=O) groups is 1. The van der Waals surface area contributed by atoms with E-state index in [4.69, 9.17) is 0 Å². The van der Waals surface area contributed by atoms with Crippen LogP contribution in [0.1, 0.15) is 48.0 Å². The maximum atomic E-state index is 13.2. The van der Waals surface area contributed by atoms with Crippen LogP contribution in [0, 0.1) is 0 Å². The van der Waals surface area contributed by atoms with E-state index in [-0.39, 0.29) is 17.6 Å². The van der Waals surface area contributed by atoms with Gasteiger partial charge in [0.15, 0.2) is 0 Å². The van der Waals surface area contributed by atoms with Gasteiger partial charge in [-0.05, 0) is 32.9 Å². The topological polar surface area (TPSA) is 38.1 Å². The SMILES string of the molecule is CC(C)(C)n1ncc2c1CCN(C(=O)c1ccccc1C(F)(F)F)C2. The minimum Gasteiger partial charge on any atom is -0.334 e. The molecule has 0 saturated carbocycles. The van der Waals surface area contributed by atoms with Crippen LogP contribution in [-0.2, 0) is 24.7 Å². The third-order valence-corrected chi connectivity index (χ3v) is 4.32. The van der Waals surface area contributed by atoms with E-state index in [1.54, 1.807) is 6.20 Å². The number of fused-ring (bicyclic) bond motifs is 1. The summed E-state index contributed by atoms with van der Waals surface area (Å²) in [6.45, 7) is 6.77. The summed E-state index contributed by atoms with van der Waals surface area (Å²) in [5, 5.41) is 4.39. The molecule has 1 aliphatic heterocycles. The average molecular weight is 351 g/mol. The molecule has 2 aromatic rings. The fourth-order valence-corrected chi connectivity index (χ4v) is 3.17. The number of hydrogen-bond donors (Lipinski definition) is 0. The first-order chi connectivity index (χ1) is 11.6. The second-order valence-electron chi connectivity index (χ2n) is 7.22. The molecule has 0 saturated heterocycles. The van der Waals surface area contributed by atoms with Crippen molar-refractivity contribution in [1.29, 1.82) is 0 Å². The second kappa shape index (κ2) is 5.89. The van der Waals surface area contributed by atoms with Gasteiger partial charge in [-0.15, -0.1) is 0 Å². The zero-order chi connectivity index (χ0) is 18.4. The molecule has 1 aliphatic rings. The van der Waals surface area contributed by atoms with Crippen molar-refractivity contribution in [2.45, 2.75) is 45.5 Å². The highest BCUT2D eigenvalue weighted by molar-refractivity contribution is 5.96. The highest BCUT2D eigenvalue weighted by Gasteiger charge is 2.37. The first-order valence-corrected chi connectivity index (χ1v) is 8.11. The van der Waals surface area contributed by atoms with Gasteiger partial charge >= 0.3 is 6.18 Å². The van der Waals surface area contributed by atoms with Gasteiger partial charge in [0, 0.05) is 30.8 Å². The average Bonchev–Trinajstić information content (AvgIpc) is 2.96. The molecule has 3 rings (SSSR count). The molecule has 1 amide bonds. The Hall–Kier alpha value is -2.31. The monoisotopic (exact) mass is 351 g/mol. The number of aromatic nitrogens is 2. The fraction of sp³-hybridized carbons (Fsp3) is 0.444. The predicted octanol–water partition coefficient (Wildman–Crippen LogP) is 3.86. The van der Waals surface area contributed by atoms with Crippen molar-refractivity contribution in [3.63, 3.8) is 0 Å². The molecule has 0 bridgehead atoms. The molecule has 2 heterocycles. The van der Waals surface area contributed by atoms with E-state index in [1.807, 2.05) is 25.5 Å². The van der Waals surface area contributed by atoms with Crippen LogP contribution in [0.2, 0.25) is 0 Å². The molecule has 7 heteroatoms. The van der Waals surface area contributed by atoms with Crippen LogP contribution in [0.25, 0.3) is 0 Å². The normalized spacial score (nSPS) is 15.2. The van der Waals surface area contributed by atoms with Gasteiger partial charge in [0.2, 0.25) is 0 Å². The van der Waals surface area contributed by atoms with Gasteiger partial charge in [-0.25, -0.2) is 0 Å². The van der Waals surface area contributed by atoms with Crippen molar-refractivity contribution in [1.82, 2.24) is 14.7 Å². The van der Waals surface area contributed by atoms with E-state index in [1.165, 1.54) is 23.1 Å². The Bertz CT molecular complexity index is 803. The molecule has 134 valence electrons. The summed E-state index contributed by atoms with van der Waals surface area (Å²) >= 11 is 0. The van der Waals surface area contributed by atoms with Gasteiger partial charge in [-0.1, -0.05) is 12.1 Å². The van der Waals surface area contributed by atoms with Crippen molar-refractivity contribution in [2.75, 3.05) is 6.54 Å². The third-order valence-electron chi connectivity index (χ3n) is 4.32. The molecule has 1 aromatic carbocycles. The van der Waals surface area contributed by atoms with Crippen LogP contribution in [0.4, 0.5) is 13.2 Å². The fourth-order valence-electron chi connectivity index (χ4n) is 3.17. The lowest BCUT2D eigenvalue weighted by atomic mass is 10.0. The molecule has 1 aromatic heterocycles. The minimum atomic E-state index is -4.55.